The Hall–Kier alpha value is -2.03. The average molecular weight is 228 g/mol. The molecule has 0 saturated carbocycles. The van der Waals surface area contributed by atoms with Crippen molar-refractivity contribution in [3.63, 3.8) is 0 Å². The average Bonchev–Trinajstić information content (AvgIpc) is 2.76. The van der Waals surface area contributed by atoms with Gasteiger partial charge in [-0.25, -0.2) is 0 Å². The molecule has 0 unspecified atom stereocenters. The largest absolute Gasteiger partial charge is 0.345 e. The molecule has 0 aliphatic heterocycles. The first-order chi connectivity index (χ1) is 8.16. The number of benzene rings is 1. The number of nitrogens with one attached hydrogen (secondary N) is 1. The topological polar surface area (TPSA) is 34.0 Å². The fourth-order valence-electron chi connectivity index (χ4n) is 1.83. The van der Waals surface area contributed by atoms with E-state index in [-0.39, 0.29) is 5.91 Å². The minimum Gasteiger partial charge on any atom is -0.345 e. The Bertz CT molecular complexity index is 495. The highest BCUT2D eigenvalue weighted by molar-refractivity contribution is 5.92. The van der Waals surface area contributed by atoms with Crippen LogP contribution in [0.2, 0.25) is 0 Å². The van der Waals surface area contributed by atoms with Gasteiger partial charge < -0.3 is 9.88 Å². The molecule has 1 heterocycles. The van der Waals surface area contributed by atoms with Gasteiger partial charge in [0.05, 0.1) is 0 Å². The van der Waals surface area contributed by atoms with Crippen LogP contribution in [-0.2, 0) is 11.3 Å². The molecule has 0 fully saturated rings. The second-order valence-electron chi connectivity index (χ2n) is 4.17. The SMILES string of the molecule is Cc1cccc(C)c1NC(=O)Cn1cccc1. The zero-order chi connectivity index (χ0) is 12.3. The van der Waals surface area contributed by atoms with E-state index >= 15 is 0 Å². The highest BCUT2D eigenvalue weighted by Gasteiger charge is 2.07. The standard InChI is InChI=1S/C14H16N2O/c1-11-6-5-7-12(2)14(11)15-13(17)10-16-8-3-4-9-16/h3-9H,10H2,1-2H3,(H,15,17). The van der Waals surface area contributed by atoms with E-state index < -0.39 is 0 Å². The van der Waals surface area contributed by atoms with E-state index in [1.54, 1.807) is 0 Å². The molecule has 0 aliphatic rings. The molecule has 3 nitrogen and oxygen atoms in total. The van der Waals surface area contributed by atoms with E-state index in [9.17, 15) is 4.79 Å². The third kappa shape index (κ3) is 2.75. The van der Waals surface area contributed by atoms with Crippen LogP contribution in [0.5, 0.6) is 0 Å². The maximum Gasteiger partial charge on any atom is 0.244 e. The smallest absolute Gasteiger partial charge is 0.244 e. The van der Waals surface area contributed by atoms with Crippen molar-refractivity contribution < 1.29 is 4.79 Å². The third-order valence-electron chi connectivity index (χ3n) is 2.74. The summed E-state index contributed by atoms with van der Waals surface area (Å²) in [6.07, 6.45) is 3.76. The quantitative estimate of drug-likeness (QED) is 0.861. The highest BCUT2D eigenvalue weighted by atomic mass is 16.1. The highest BCUT2D eigenvalue weighted by Crippen LogP contribution is 2.19. The summed E-state index contributed by atoms with van der Waals surface area (Å²) in [7, 11) is 0. The van der Waals surface area contributed by atoms with Gasteiger partial charge in [0, 0.05) is 18.1 Å². The van der Waals surface area contributed by atoms with E-state index in [0.29, 0.717) is 6.54 Å². The van der Waals surface area contributed by atoms with E-state index in [4.69, 9.17) is 0 Å². The molecule has 2 aromatic rings. The predicted molar refractivity (Wildman–Crippen MR) is 69.0 cm³/mol. The van der Waals surface area contributed by atoms with Gasteiger partial charge in [0.25, 0.3) is 0 Å². The molecule has 0 bridgehead atoms. The van der Waals surface area contributed by atoms with Gasteiger partial charge in [-0.2, -0.15) is 0 Å². The minimum atomic E-state index is -0.00130. The molecule has 1 aromatic carbocycles. The minimum absolute atomic E-state index is 0.00130. The zero-order valence-electron chi connectivity index (χ0n) is 10.1. The van der Waals surface area contributed by atoms with Crippen molar-refractivity contribution in [3.8, 4) is 0 Å². The predicted octanol–water partition coefficient (Wildman–Crippen LogP) is 2.74. The first kappa shape index (κ1) is 11.5. The third-order valence-corrected chi connectivity index (χ3v) is 2.74. The molecule has 88 valence electrons. The Morgan fingerprint density at radius 2 is 1.71 bits per heavy atom. The molecule has 17 heavy (non-hydrogen) atoms. The van der Waals surface area contributed by atoms with Crippen molar-refractivity contribution in [2.75, 3.05) is 5.32 Å². The van der Waals surface area contributed by atoms with E-state index in [0.717, 1.165) is 16.8 Å². The fourth-order valence-corrected chi connectivity index (χ4v) is 1.83. The Morgan fingerprint density at radius 1 is 1.12 bits per heavy atom. The Kier molecular flexibility index (Phi) is 3.28. The van der Waals surface area contributed by atoms with Crippen molar-refractivity contribution in [1.29, 1.82) is 0 Å². The molecular formula is C14H16N2O. The number of carbonyl (C=O) groups is 1. The number of anilines is 1. The molecule has 1 N–H and O–H groups in total. The van der Waals surface area contributed by atoms with Gasteiger partial charge in [0.2, 0.25) is 5.91 Å². The van der Waals surface area contributed by atoms with Crippen molar-refractivity contribution >= 4 is 11.6 Å². The number of rotatable bonds is 3. The van der Waals surface area contributed by atoms with Crippen molar-refractivity contribution in [2.24, 2.45) is 0 Å². The van der Waals surface area contributed by atoms with Crippen molar-refractivity contribution in [3.05, 3.63) is 53.9 Å². The Labute approximate surface area is 101 Å². The first-order valence-electron chi connectivity index (χ1n) is 5.63. The van der Waals surface area contributed by atoms with E-state index in [1.165, 1.54) is 0 Å². The number of para-hydroxylation sites is 1. The summed E-state index contributed by atoms with van der Waals surface area (Å²) in [5, 5.41) is 2.96. The lowest BCUT2D eigenvalue weighted by atomic mass is 10.1. The van der Waals surface area contributed by atoms with Crippen LogP contribution >= 0.6 is 0 Å². The summed E-state index contributed by atoms with van der Waals surface area (Å²) >= 11 is 0. The number of hydrogen-bond donors (Lipinski definition) is 1. The molecule has 0 atom stereocenters. The van der Waals surface area contributed by atoms with Gasteiger partial charge >= 0.3 is 0 Å². The molecule has 0 radical (unpaired) electrons. The second kappa shape index (κ2) is 4.87. The lowest BCUT2D eigenvalue weighted by Crippen LogP contribution is -2.19. The van der Waals surface area contributed by atoms with Gasteiger partial charge in [-0.05, 0) is 37.1 Å². The van der Waals surface area contributed by atoms with Gasteiger partial charge in [0.15, 0.2) is 0 Å². The maximum absolute atomic E-state index is 11.9. The summed E-state index contributed by atoms with van der Waals surface area (Å²) in [6.45, 7) is 4.34. The van der Waals surface area contributed by atoms with Crippen LogP contribution in [-0.4, -0.2) is 10.5 Å². The first-order valence-corrected chi connectivity index (χ1v) is 5.63. The normalized spacial score (nSPS) is 10.2. The summed E-state index contributed by atoms with van der Waals surface area (Å²) in [5.74, 6) is -0.00130. The number of nitrogens with zero attached hydrogens (tertiary/aromatic N) is 1. The van der Waals surface area contributed by atoms with Crippen LogP contribution in [0.15, 0.2) is 42.7 Å². The maximum atomic E-state index is 11.9. The number of carbonyl (C=O) groups excluding carboxylic acids is 1. The van der Waals surface area contributed by atoms with Gasteiger partial charge in [-0.15, -0.1) is 0 Å². The molecule has 1 amide bonds. The Morgan fingerprint density at radius 3 is 2.29 bits per heavy atom. The number of amides is 1. The summed E-state index contributed by atoms with van der Waals surface area (Å²) < 4.78 is 1.85. The monoisotopic (exact) mass is 228 g/mol. The van der Waals surface area contributed by atoms with Crippen LogP contribution in [0.3, 0.4) is 0 Å². The number of hydrogen-bond acceptors (Lipinski definition) is 1. The lowest BCUT2D eigenvalue weighted by Gasteiger charge is -2.11. The van der Waals surface area contributed by atoms with Crippen LogP contribution in [0.25, 0.3) is 0 Å². The van der Waals surface area contributed by atoms with Crippen molar-refractivity contribution in [2.45, 2.75) is 20.4 Å². The number of aromatic nitrogens is 1. The zero-order valence-corrected chi connectivity index (χ0v) is 10.1. The van der Waals surface area contributed by atoms with Gasteiger partial charge in [-0.3, -0.25) is 4.79 Å². The van der Waals surface area contributed by atoms with E-state index in [2.05, 4.69) is 5.32 Å². The summed E-state index contributed by atoms with van der Waals surface area (Å²) in [4.78, 5) is 11.9. The fraction of sp³-hybridized carbons (Fsp3) is 0.214. The van der Waals surface area contributed by atoms with Crippen molar-refractivity contribution in [1.82, 2.24) is 4.57 Å². The number of aryl methyl sites for hydroxylation is 2. The van der Waals surface area contributed by atoms with Gasteiger partial charge in [-0.1, -0.05) is 18.2 Å². The van der Waals surface area contributed by atoms with Crippen LogP contribution in [0.4, 0.5) is 5.69 Å². The second-order valence-corrected chi connectivity index (χ2v) is 4.17. The van der Waals surface area contributed by atoms with Gasteiger partial charge in [0.1, 0.15) is 6.54 Å². The molecule has 1 aromatic heterocycles. The van der Waals surface area contributed by atoms with Crippen LogP contribution in [0, 0.1) is 13.8 Å². The lowest BCUT2D eigenvalue weighted by molar-refractivity contribution is -0.116. The van der Waals surface area contributed by atoms with Crippen LogP contribution in [0.1, 0.15) is 11.1 Å². The molecule has 2 rings (SSSR count). The summed E-state index contributed by atoms with van der Waals surface area (Å²) in [6, 6.07) is 9.81. The molecule has 3 heteroatoms. The molecule has 0 aliphatic carbocycles. The Balaban J connectivity index is 2.08. The molecular weight excluding hydrogens is 212 g/mol. The summed E-state index contributed by atoms with van der Waals surface area (Å²) in [5.41, 5.74) is 3.10. The molecule has 0 saturated heterocycles. The van der Waals surface area contributed by atoms with E-state index in [1.807, 2.05) is 61.1 Å². The molecule has 0 spiro atoms. The van der Waals surface area contributed by atoms with Crippen LogP contribution < -0.4 is 5.32 Å².